The molecule has 0 bridgehead atoms. The summed E-state index contributed by atoms with van der Waals surface area (Å²) in [6.45, 7) is 0.405. The highest BCUT2D eigenvalue weighted by molar-refractivity contribution is 6.32. The van der Waals surface area contributed by atoms with E-state index in [1.165, 1.54) is 16.8 Å². The number of aromatic carboxylic acids is 1. The first-order valence-electron chi connectivity index (χ1n) is 8.42. The van der Waals surface area contributed by atoms with E-state index in [0.717, 1.165) is 19.3 Å². The van der Waals surface area contributed by atoms with Gasteiger partial charge in [-0.3, -0.25) is 0 Å². The molecule has 0 saturated heterocycles. The molecule has 0 radical (unpaired) electrons. The highest BCUT2D eigenvalue weighted by Gasteiger charge is 2.25. The molecule has 6 nitrogen and oxygen atoms in total. The lowest BCUT2D eigenvalue weighted by atomic mass is 10.1. The second-order valence-corrected chi connectivity index (χ2v) is 6.25. The summed E-state index contributed by atoms with van der Waals surface area (Å²) in [4.78, 5) is 14.9. The van der Waals surface area contributed by atoms with Crippen molar-refractivity contribution in [2.24, 2.45) is 0 Å². The fourth-order valence-corrected chi connectivity index (χ4v) is 2.59. The van der Waals surface area contributed by atoms with Crippen LogP contribution in [0.4, 0.5) is 13.2 Å². The molecule has 0 atom stereocenters. The smallest absolute Gasteiger partial charge is 0.389 e. The summed E-state index contributed by atoms with van der Waals surface area (Å²) in [7, 11) is 0. The first-order chi connectivity index (χ1) is 12.8. The van der Waals surface area contributed by atoms with E-state index >= 15 is 0 Å². The van der Waals surface area contributed by atoms with Gasteiger partial charge in [0, 0.05) is 18.7 Å². The number of ether oxygens (including phenoxy) is 1. The topological polar surface area (TPSA) is 77.2 Å². The number of alkyl halides is 3. The Labute approximate surface area is 158 Å². The maximum atomic E-state index is 12.0. The molecule has 0 saturated carbocycles. The zero-order valence-electron chi connectivity index (χ0n) is 14.4. The number of carboxylic acids is 1. The number of carbonyl (C=O) groups is 1. The Kier molecular flexibility index (Phi) is 7.46. The van der Waals surface area contributed by atoms with E-state index in [0.29, 0.717) is 24.7 Å². The SMILES string of the molecule is O=C(O)c1ccc(-n2ccc(OCCCCCCCC(F)(F)F)n2)nc1Cl. The Morgan fingerprint density at radius 3 is 2.52 bits per heavy atom. The Morgan fingerprint density at radius 1 is 1.15 bits per heavy atom. The quantitative estimate of drug-likeness (QED) is 0.449. The van der Waals surface area contributed by atoms with Crippen LogP contribution in [0.1, 0.15) is 48.9 Å². The van der Waals surface area contributed by atoms with Gasteiger partial charge in [-0.25, -0.2) is 14.5 Å². The third-order valence-corrected chi connectivity index (χ3v) is 4.01. The number of carboxylic acid groups (broad SMARTS) is 1. The van der Waals surface area contributed by atoms with Gasteiger partial charge in [0.1, 0.15) is 5.15 Å². The summed E-state index contributed by atoms with van der Waals surface area (Å²) in [5.41, 5.74) is -0.0979. The third-order valence-electron chi connectivity index (χ3n) is 3.72. The van der Waals surface area contributed by atoms with Crippen molar-refractivity contribution in [3.05, 3.63) is 35.1 Å². The van der Waals surface area contributed by atoms with E-state index in [1.807, 2.05) is 0 Å². The molecule has 0 aliphatic carbocycles. The van der Waals surface area contributed by atoms with Gasteiger partial charge in [0.15, 0.2) is 5.82 Å². The van der Waals surface area contributed by atoms with E-state index in [4.69, 9.17) is 21.4 Å². The van der Waals surface area contributed by atoms with Crippen molar-refractivity contribution in [2.75, 3.05) is 6.61 Å². The molecule has 0 aromatic carbocycles. The molecular weight excluding hydrogens is 387 g/mol. The van der Waals surface area contributed by atoms with Gasteiger partial charge < -0.3 is 9.84 Å². The van der Waals surface area contributed by atoms with Crippen molar-refractivity contribution in [1.29, 1.82) is 0 Å². The molecular formula is C17H19ClF3N3O3. The van der Waals surface area contributed by atoms with Crippen LogP contribution in [0, 0.1) is 0 Å². The molecule has 0 fully saturated rings. The summed E-state index contributed by atoms with van der Waals surface area (Å²) in [6, 6.07) is 4.45. The Bertz CT molecular complexity index is 765. The summed E-state index contributed by atoms with van der Waals surface area (Å²) in [5.74, 6) is -0.446. The van der Waals surface area contributed by atoms with Crippen molar-refractivity contribution in [2.45, 2.75) is 44.7 Å². The van der Waals surface area contributed by atoms with Gasteiger partial charge in [0.25, 0.3) is 0 Å². The normalized spacial score (nSPS) is 11.6. The van der Waals surface area contributed by atoms with Crippen molar-refractivity contribution in [3.63, 3.8) is 0 Å². The molecule has 10 heteroatoms. The lowest BCUT2D eigenvalue weighted by molar-refractivity contribution is -0.135. The van der Waals surface area contributed by atoms with Gasteiger partial charge in [-0.2, -0.15) is 13.2 Å². The van der Waals surface area contributed by atoms with Crippen LogP contribution in [0.25, 0.3) is 5.82 Å². The number of halogens is 4. The molecule has 2 heterocycles. The zero-order valence-corrected chi connectivity index (χ0v) is 15.1. The third kappa shape index (κ3) is 7.09. The summed E-state index contributed by atoms with van der Waals surface area (Å²) < 4.78 is 42.9. The largest absolute Gasteiger partial charge is 0.478 e. The van der Waals surface area contributed by atoms with E-state index in [9.17, 15) is 18.0 Å². The monoisotopic (exact) mass is 405 g/mol. The first-order valence-corrected chi connectivity index (χ1v) is 8.79. The highest BCUT2D eigenvalue weighted by atomic mass is 35.5. The van der Waals surface area contributed by atoms with E-state index in [2.05, 4.69) is 10.1 Å². The fraction of sp³-hybridized carbons (Fsp3) is 0.471. The number of hydrogen-bond acceptors (Lipinski definition) is 4. The van der Waals surface area contributed by atoms with Crippen molar-refractivity contribution >= 4 is 17.6 Å². The molecule has 2 aromatic heterocycles. The Hall–Kier alpha value is -2.29. The lowest BCUT2D eigenvalue weighted by Crippen LogP contribution is -2.06. The second kappa shape index (κ2) is 9.59. The van der Waals surface area contributed by atoms with Crippen LogP contribution in [0.15, 0.2) is 24.4 Å². The maximum absolute atomic E-state index is 12.0. The second-order valence-electron chi connectivity index (χ2n) is 5.89. The zero-order chi connectivity index (χ0) is 19.9. The molecule has 27 heavy (non-hydrogen) atoms. The van der Waals surface area contributed by atoms with E-state index < -0.39 is 18.6 Å². The van der Waals surface area contributed by atoms with Crippen LogP contribution in [-0.4, -0.2) is 38.6 Å². The standard InChI is InChI=1S/C17H19ClF3N3O3/c18-15-12(16(25)26)6-7-13(22-15)24-10-8-14(23-24)27-11-5-3-1-2-4-9-17(19,20)21/h6-8,10H,1-5,9,11H2,(H,25,26). The Morgan fingerprint density at radius 2 is 1.85 bits per heavy atom. The number of pyridine rings is 1. The van der Waals surface area contributed by atoms with Crippen molar-refractivity contribution < 1.29 is 27.8 Å². The highest BCUT2D eigenvalue weighted by Crippen LogP contribution is 2.23. The van der Waals surface area contributed by atoms with Gasteiger partial charge >= 0.3 is 12.1 Å². The van der Waals surface area contributed by atoms with Crippen LogP contribution < -0.4 is 4.74 Å². The first kappa shape index (κ1) is 21.0. The minimum absolute atomic E-state index is 0.0979. The molecule has 0 aliphatic rings. The molecule has 0 aliphatic heterocycles. The van der Waals surface area contributed by atoms with Crippen LogP contribution >= 0.6 is 11.6 Å². The minimum atomic E-state index is -4.07. The van der Waals surface area contributed by atoms with Gasteiger partial charge in [-0.05, 0) is 25.0 Å². The molecule has 0 spiro atoms. The number of hydrogen-bond donors (Lipinski definition) is 1. The fourth-order valence-electron chi connectivity index (χ4n) is 2.36. The average Bonchev–Trinajstić information content (AvgIpc) is 3.04. The average molecular weight is 406 g/mol. The van der Waals surface area contributed by atoms with Crippen molar-refractivity contribution in [1.82, 2.24) is 14.8 Å². The van der Waals surface area contributed by atoms with E-state index in [1.54, 1.807) is 12.3 Å². The molecule has 1 N–H and O–H groups in total. The van der Waals surface area contributed by atoms with Gasteiger partial charge in [0.05, 0.1) is 12.2 Å². The predicted molar refractivity (Wildman–Crippen MR) is 92.6 cm³/mol. The summed E-state index contributed by atoms with van der Waals surface area (Å²) >= 11 is 5.83. The number of aromatic nitrogens is 3. The Balaban J connectivity index is 1.72. The maximum Gasteiger partial charge on any atom is 0.389 e. The van der Waals surface area contributed by atoms with Gasteiger partial charge in [0.2, 0.25) is 5.88 Å². The lowest BCUT2D eigenvalue weighted by Gasteiger charge is -2.06. The van der Waals surface area contributed by atoms with Crippen LogP contribution in [0.2, 0.25) is 5.15 Å². The number of unbranched alkanes of at least 4 members (excludes halogenated alkanes) is 4. The predicted octanol–water partition coefficient (Wildman–Crippen LogP) is 4.90. The van der Waals surface area contributed by atoms with Crippen molar-refractivity contribution in [3.8, 4) is 11.7 Å². The van der Waals surface area contributed by atoms with Gasteiger partial charge in [-0.15, -0.1) is 5.10 Å². The molecule has 0 amide bonds. The molecule has 0 unspecified atom stereocenters. The summed E-state index contributed by atoms with van der Waals surface area (Å²) in [5, 5.41) is 13.0. The molecule has 2 rings (SSSR count). The molecule has 148 valence electrons. The number of rotatable bonds is 10. The minimum Gasteiger partial charge on any atom is -0.478 e. The van der Waals surface area contributed by atoms with Crippen LogP contribution in [0.5, 0.6) is 5.88 Å². The van der Waals surface area contributed by atoms with Crippen LogP contribution in [-0.2, 0) is 0 Å². The van der Waals surface area contributed by atoms with Gasteiger partial charge in [-0.1, -0.05) is 30.9 Å². The molecule has 2 aromatic rings. The van der Waals surface area contributed by atoms with Crippen LogP contribution in [0.3, 0.4) is 0 Å². The van der Waals surface area contributed by atoms with E-state index in [-0.39, 0.29) is 17.1 Å². The number of nitrogens with zero attached hydrogens (tertiary/aromatic N) is 3. The summed E-state index contributed by atoms with van der Waals surface area (Å²) in [6.07, 6.45) is -0.264.